The van der Waals surface area contributed by atoms with Gasteiger partial charge in [0.1, 0.15) is 0 Å². The van der Waals surface area contributed by atoms with Crippen LogP contribution in [0.1, 0.15) is 38.2 Å². The molecule has 1 N–H and O–H groups in total. The van der Waals surface area contributed by atoms with Crippen LogP contribution in [0.3, 0.4) is 0 Å². The van der Waals surface area contributed by atoms with E-state index in [-0.39, 0.29) is 10.6 Å². The van der Waals surface area contributed by atoms with Crippen LogP contribution < -0.4 is 0 Å². The standard InChI is InChI=1S/C20H27NO4S2/c1-3-4-6-9-18(22)16-26(23,19-10-7-5-8-11-19)21-27(24,25)20-14-12-17(2)13-15-20/h5,7-8,10-15,18,22H,3-4,6,9,16H2,1-2H3/t18-,26+/m0/s1. The molecule has 0 radical (unpaired) electrons. The molecule has 0 amide bonds. The largest absolute Gasteiger partial charge is 0.392 e. The Morgan fingerprint density at radius 3 is 2.15 bits per heavy atom. The lowest BCUT2D eigenvalue weighted by molar-refractivity contribution is 0.184. The summed E-state index contributed by atoms with van der Waals surface area (Å²) in [5, 5.41) is 10.3. The summed E-state index contributed by atoms with van der Waals surface area (Å²) in [6.07, 6.45) is 2.36. The highest BCUT2D eigenvalue weighted by Gasteiger charge is 2.23. The molecule has 0 heterocycles. The van der Waals surface area contributed by atoms with Crippen LogP contribution in [-0.4, -0.2) is 29.6 Å². The van der Waals surface area contributed by atoms with Crippen molar-refractivity contribution >= 4 is 19.8 Å². The number of unbranched alkanes of at least 4 members (excludes halogenated alkanes) is 2. The van der Waals surface area contributed by atoms with Gasteiger partial charge in [0.2, 0.25) is 0 Å². The monoisotopic (exact) mass is 409 g/mol. The molecule has 2 rings (SSSR count). The maximum atomic E-state index is 13.6. The molecule has 2 aromatic carbocycles. The predicted molar refractivity (Wildman–Crippen MR) is 109 cm³/mol. The summed E-state index contributed by atoms with van der Waals surface area (Å²) in [4.78, 5) is 0.312. The summed E-state index contributed by atoms with van der Waals surface area (Å²) in [5.41, 5.74) is 0.920. The number of hydrogen-bond acceptors (Lipinski definition) is 4. The normalized spacial score (nSPS) is 15.1. The van der Waals surface area contributed by atoms with E-state index in [4.69, 9.17) is 0 Å². The Balaban J connectivity index is 2.44. The minimum absolute atomic E-state index is 0.00257. The van der Waals surface area contributed by atoms with Crippen molar-refractivity contribution in [2.45, 2.75) is 55.4 Å². The maximum absolute atomic E-state index is 13.6. The topological polar surface area (TPSA) is 83.8 Å². The summed E-state index contributed by atoms with van der Waals surface area (Å²) in [6.45, 7) is 3.91. The van der Waals surface area contributed by atoms with Crippen molar-refractivity contribution in [3.05, 3.63) is 60.2 Å². The summed E-state index contributed by atoms with van der Waals surface area (Å²) in [5.74, 6) is -0.203. The SMILES string of the molecule is CCCCC[C@H](O)C[S@](=O)(=NS(=O)(=O)c1ccc(C)cc1)c1ccccc1. The number of benzene rings is 2. The van der Waals surface area contributed by atoms with E-state index in [1.807, 2.05) is 6.92 Å². The summed E-state index contributed by atoms with van der Waals surface area (Å²) in [6, 6.07) is 14.6. The molecule has 0 saturated heterocycles. The Kier molecular flexibility index (Phi) is 7.59. The third-order valence-electron chi connectivity index (χ3n) is 4.21. The number of hydrogen-bond donors (Lipinski definition) is 1. The Bertz CT molecular complexity index is 945. The molecular weight excluding hydrogens is 382 g/mol. The summed E-state index contributed by atoms with van der Waals surface area (Å²) in [7, 11) is -7.45. The zero-order valence-corrected chi connectivity index (χ0v) is 17.4. The second-order valence-electron chi connectivity index (χ2n) is 6.63. The summed E-state index contributed by atoms with van der Waals surface area (Å²) < 4.78 is 42.9. The zero-order chi connectivity index (χ0) is 19.9. The fourth-order valence-corrected chi connectivity index (χ4v) is 6.83. The van der Waals surface area contributed by atoms with Crippen LogP contribution in [0.15, 0.2) is 68.2 Å². The lowest BCUT2D eigenvalue weighted by Gasteiger charge is -2.15. The van der Waals surface area contributed by atoms with E-state index in [1.54, 1.807) is 42.5 Å². The van der Waals surface area contributed by atoms with E-state index in [0.717, 1.165) is 24.8 Å². The fraction of sp³-hybridized carbons (Fsp3) is 0.400. The van der Waals surface area contributed by atoms with Gasteiger partial charge in [-0.05, 0) is 37.6 Å². The number of aliphatic hydroxyl groups excluding tert-OH is 1. The van der Waals surface area contributed by atoms with Gasteiger partial charge in [0.15, 0.2) is 0 Å². The van der Waals surface area contributed by atoms with Crippen LogP contribution in [0.25, 0.3) is 0 Å². The van der Waals surface area contributed by atoms with Gasteiger partial charge in [0, 0.05) is 4.90 Å². The van der Waals surface area contributed by atoms with Crippen molar-refractivity contribution in [2.24, 2.45) is 3.77 Å². The van der Waals surface area contributed by atoms with E-state index in [1.165, 1.54) is 12.1 Å². The van der Waals surface area contributed by atoms with Crippen molar-refractivity contribution < 1.29 is 17.7 Å². The van der Waals surface area contributed by atoms with Gasteiger partial charge in [0.25, 0.3) is 10.0 Å². The van der Waals surface area contributed by atoms with Gasteiger partial charge < -0.3 is 5.11 Å². The lowest BCUT2D eigenvalue weighted by Crippen LogP contribution is -2.22. The van der Waals surface area contributed by atoms with E-state index in [0.29, 0.717) is 11.3 Å². The second-order valence-corrected chi connectivity index (χ2v) is 10.7. The molecule has 2 atom stereocenters. The smallest absolute Gasteiger partial charge is 0.290 e. The Labute approximate surface area is 162 Å². The average molecular weight is 410 g/mol. The van der Waals surface area contributed by atoms with Crippen LogP contribution in [0.2, 0.25) is 0 Å². The number of sulfonamides is 1. The molecule has 0 spiro atoms. The van der Waals surface area contributed by atoms with Gasteiger partial charge in [-0.2, -0.15) is 8.42 Å². The van der Waals surface area contributed by atoms with Gasteiger partial charge in [-0.3, -0.25) is 0 Å². The highest BCUT2D eigenvalue weighted by atomic mass is 32.3. The maximum Gasteiger partial charge on any atom is 0.290 e. The van der Waals surface area contributed by atoms with Gasteiger partial charge in [0.05, 0.1) is 26.5 Å². The molecule has 0 aliphatic heterocycles. The van der Waals surface area contributed by atoms with Crippen LogP contribution in [-0.2, 0) is 19.8 Å². The van der Waals surface area contributed by atoms with Gasteiger partial charge in [-0.1, -0.05) is 62.1 Å². The molecule has 0 fully saturated rings. The van der Waals surface area contributed by atoms with Crippen molar-refractivity contribution in [2.75, 3.05) is 5.75 Å². The van der Waals surface area contributed by atoms with E-state index in [9.17, 15) is 17.7 Å². The molecule has 0 aliphatic carbocycles. The third-order valence-corrected chi connectivity index (χ3v) is 8.67. The first-order valence-electron chi connectivity index (χ1n) is 9.08. The van der Waals surface area contributed by atoms with E-state index < -0.39 is 25.9 Å². The predicted octanol–water partition coefficient (Wildman–Crippen LogP) is 4.15. The molecule has 0 saturated carbocycles. The average Bonchev–Trinajstić information content (AvgIpc) is 2.62. The molecule has 5 nitrogen and oxygen atoms in total. The van der Waals surface area contributed by atoms with E-state index >= 15 is 0 Å². The van der Waals surface area contributed by atoms with Crippen molar-refractivity contribution in [3.8, 4) is 0 Å². The van der Waals surface area contributed by atoms with Crippen molar-refractivity contribution in [3.63, 3.8) is 0 Å². The Morgan fingerprint density at radius 1 is 0.926 bits per heavy atom. The second kappa shape index (κ2) is 9.48. The van der Waals surface area contributed by atoms with Gasteiger partial charge in [-0.15, -0.1) is 3.77 Å². The zero-order valence-electron chi connectivity index (χ0n) is 15.7. The molecule has 0 aliphatic rings. The first kappa shape index (κ1) is 21.6. The fourth-order valence-electron chi connectivity index (χ4n) is 2.69. The molecule has 0 aromatic heterocycles. The Morgan fingerprint density at radius 2 is 1.56 bits per heavy atom. The van der Waals surface area contributed by atoms with Crippen LogP contribution >= 0.6 is 0 Å². The number of aryl methyl sites for hydroxylation is 1. The highest BCUT2D eigenvalue weighted by Crippen LogP contribution is 2.22. The van der Waals surface area contributed by atoms with Gasteiger partial charge >= 0.3 is 0 Å². The van der Waals surface area contributed by atoms with Crippen LogP contribution in [0.4, 0.5) is 0 Å². The highest BCUT2D eigenvalue weighted by molar-refractivity contribution is 8.03. The van der Waals surface area contributed by atoms with Crippen LogP contribution in [0.5, 0.6) is 0 Å². The molecule has 7 heteroatoms. The van der Waals surface area contributed by atoms with Crippen LogP contribution in [0, 0.1) is 6.92 Å². The Hall–Kier alpha value is -1.70. The minimum atomic E-state index is -4.12. The lowest BCUT2D eigenvalue weighted by atomic mass is 10.1. The quantitative estimate of drug-likeness (QED) is 0.631. The summed E-state index contributed by atoms with van der Waals surface area (Å²) >= 11 is 0. The minimum Gasteiger partial charge on any atom is -0.392 e. The van der Waals surface area contributed by atoms with Crippen molar-refractivity contribution in [1.82, 2.24) is 0 Å². The molecular formula is C20H27NO4S2. The van der Waals surface area contributed by atoms with Gasteiger partial charge in [-0.25, -0.2) is 4.21 Å². The number of aliphatic hydroxyl groups is 1. The first-order valence-corrected chi connectivity index (χ1v) is 12.2. The number of nitrogens with zero attached hydrogens (tertiary/aromatic N) is 1. The molecule has 2 aromatic rings. The third kappa shape index (κ3) is 6.16. The van der Waals surface area contributed by atoms with E-state index in [2.05, 4.69) is 10.7 Å². The molecule has 27 heavy (non-hydrogen) atoms. The first-order chi connectivity index (χ1) is 12.8. The molecule has 0 unspecified atom stereocenters. The van der Waals surface area contributed by atoms with Crippen molar-refractivity contribution in [1.29, 1.82) is 0 Å². The molecule has 148 valence electrons. The molecule has 0 bridgehead atoms. The number of rotatable bonds is 9.